The fourth-order valence-electron chi connectivity index (χ4n) is 2.57. The number of piperidine rings is 1. The molecule has 2 atom stereocenters. The second-order valence-electron chi connectivity index (χ2n) is 5.53. The van der Waals surface area contributed by atoms with Crippen LogP contribution in [0.5, 0.6) is 0 Å². The van der Waals surface area contributed by atoms with Crippen molar-refractivity contribution in [1.29, 1.82) is 0 Å². The zero-order chi connectivity index (χ0) is 14.7. The Bertz CT molecular complexity index is 495. The van der Waals surface area contributed by atoms with Gasteiger partial charge in [0.1, 0.15) is 5.82 Å². The molecular weight excluding hydrogens is 323 g/mol. The Hall–Kier alpha value is -0.940. The zero-order valence-corrected chi connectivity index (χ0v) is 13.4. The van der Waals surface area contributed by atoms with Gasteiger partial charge in [-0.25, -0.2) is 4.39 Å². The van der Waals surface area contributed by atoms with Crippen LogP contribution in [0.15, 0.2) is 22.7 Å². The molecule has 2 rings (SSSR count). The normalized spacial score (nSPS) is 21.5. The molecule has 0 radical (unpaired) electrons. The molecule has 1 aromatic rings. The van der Waals surface area contributed by atoms with Gasteiger partial charge in [-0.05, 0) is 50.4 Å². The molecule has 1 aliphatic rings. The molecule has 1 amide bonds. The van der Waals surface area contributed by atoms with Gasteiger partial charge in [-0.3, -0.25) is 9.69 Å². The highest BCUT2D eigenvalue weighted by Crippen LogP contribution is 2.21. The van der Waals surface area contributed by atoms with Crippen LogP contribution >= 0.6 is 15.9 Å². The molecule has 110 valence electrons. The molecule has 0 bridgehead atoms. The summed E-state index contributed by atoms with van der Waals surface area (Å²) in [6.45, 7) is 5.94. The summed E-state index contributed by atoms with van der Waals surface area (Å²) in [4.78, 5) is 14.4. The summed E-state index contributed by atoms with van der Waals surface area (Å²) in [5.41, 5.74) is 0.232. The standard InChI is InChI=1S/C15H20BrFN2O/c1-10-4-3-7-19(9-10)11(2)15(20)18-14-6-5-12(16)8-13(14)17/h5-6,8,10-11H,3-4,7,9H2,1-2H3,(H,18,20)/t10-,11+/m1/s1. The van der Waals surface area contributed by atoms with E-state index in [9.17, 15) is 9.18 Å². The monoisotopic (exact) mass is 342 g/mol. The van der Waals surface area contributed by atoms with Gasteiger partial charge in [0.2, 0.25) is 5.91 Å². The Labute approximate surface area is 127 Å². The molecule has 0 saturated carbocycles. The molecule has 5 heteroatoms. The average molecular weight is 343 g/mol. The van der Waals surface area contributed by atoms with Crippen LogP contribution in [0.1, 0.15) is 26.7 Å². The first-order valence-electron chi connectivity index (χ1n) is 6.97. The van der Waals surface area contributed by atoms with Crippen molar-refractivity contribution >= 4 is 27.5 Å². The third-order valence-corrected chi connectivity index (χ3v) is 4.30. The number of carbonyl (C=O) groups is 1. The highest BCUT2D eigenvalue weighted by molar-refractivity contribution is 9.10. The van der Waals surface area contributed by atoms with E-state index in [1.54, 1.807) is 12.1 Å². The minimum atomic E-state index is -0.424. The Morgan fingerprint density at radius 1 is 1.55 bits per heavy atom. The first-order valence-corrected chi connectivity index (χ1v) is 7.76. The van der Waals surface area contributed by atoms with Crippen molar-refractivity contribution in [2.45, 2.75) is 32.7 Å². The highest BCUT2D eigenvalue weighted by atomic mass is 79.9. The summed E-state index contributed by atoms with van der Waals surface area (Å²) >= 11 is 3.20. The lowest BCUT2D eigenvalue weighted by Gasteiger charge is -2.34. The zero-order valence-electron chi connectivity index (χ0n) is 11.8. The molecule has 1 saturated heterocycles. The molecule has 1 fully saturated rings. The van der Waals surface area contributed by atoms with Crippen molar-refractivity contribution in [3.05, 3.63) is 28.5 Å². The van der Waals surface area contributed by atoms with E-state index in [4.69, 9.17) is 0 Å². The van der Waals surface area contributed by atoms with Gasteiger partial charge in [-0.15, -0.1) is 0 Å². The van der Waals surface area contributed by atoms with Crippen LogP contribution in [0.4, 0.5) is 10.1 Å². The summed E-state index contributed by atoms with van der Waals surface area (Å²) in [6.07, 6.45) is 2.33. The molecule has 1 aromatic carbocycles. The SMILES string of the molecule is C[C@@H]1CCCN([C@@H](C)C(=O)Nc2ccc(Br)cc2F)C1. The third kappa shape index (κ3) is 3.79. The van der Waals surface area contributed by atoms with Crippen molar-refractivity contribution in [2.24, 2.45) is 5.92 Å². The molecular formula is C15H20BrFN2O. The predicted molar refractivity (Wildman–Crippen MR) is 82.2 cm³/mol. The maximum atomic E-state index is 13.7. The van der Waals surface area contributed by atoms with Crippen molar-refractivity contribution in [1.82, 2.24) is 4.90 Å². The van der Waals surface area contributed by atoms with E-state index in [0.29, 0.717) is 10.4 Å². The number of hydrogen-bond acceptors (Lipinski definition) is 2. The summed E-state index contributed by atoms with van der Waals surface area (Å²) < 4.78 is 14.4. The lowest BCUT2D eigenvalue weighted by atomic mass is 9.99. The largest absolute Gasteiger partial charge is 0.322 e. The average Bonchev–Trinajstić information content (AvgIpc) is 2.41. The maximum absolute atomic E-state index is 13.7. The fraction of sp³-hybridized carbons (Fsp3) is 0.533. The minimum absolute atomic E-state index is 0.152. The maximum Gasteiger partial charge on any atom is 0.241 e. The number of benzene rings is 1. The van der Waals surface area contributed by atoms with Gasteiger partial charge in [0.15, 0.2) is 0 Å². The first-order chi connectivity index (χ1) is 9.47. The molecule has 3 nitrogen and oxygen atoms in total. The second-order valence-corrected chi connectivity index (χ2v) is 6.45. The van der Waals surface area contributed by atoms with Crippen LogP contribution in [-0.2, 0) is 4.79 Å². The molecule has 1 aliphatic heterocycles. The molecule has 0 aromatic heterocycles. The number of hydrogen-bond donors (Lipinski definition) is 1. The number of rotatable bonds is 3. The van der Waals surface area contributed by atoms with Gasteiger partial charge in [0.05, 0.1) is 11.7 Å². The van der Waals surface area contributed by atoms with Crippen molar-refractivity contribution < 1.29 is 9.18 Å². The van der Waals surface area contributed by atoms with Gasteiger partial charge < -0.3 is 5.32 Å². The molecule has 1 N–H and O–H groups in total. The third-order valence-electron chi connectivity index (χ3n) is 3.80. The Kier molecular flexibility index (Phi) is 5.16. The van der Waals surface area contributed by atoms with E-state index in [-0.39, 0.29) is 17.6 Å². The van der Waals surface area contributed by atoms with Gasteiger partial charge in [0.25, 0.3) is 0 Å². The quantitative estimate of drug-likeness (QED) is 0.909. The van der Waals surface area contributed by atoms with Crippen molar-refractivity contribution in [2.75, 3.05) is 18.4 Å². The lowest BCUT2D eigenvalue weighted by molar-refractivity contribution is -0.121. The summed E-state index contributed by atoms with van der Waals surface area (Å²) in [6, 6.07) is 4.40. The van der Waals surface area contributed by atoms with Crippen LogP contribution in [0, 0.1) is 11.7 Å². The lowest BCUT2D eigenvalue weighted by Crippen LogP contribution is -2.46. The minimum Gasteiger partial charge on any atom is -0.322 e. The number of nitrogens with one attached hydrogen (secondary N) is 1. The van der Waals surface area contributed by atoms with Crippen LogP contribution in [0.25, 0.3) is 0 Å². The topological polar surface area (TPSA) is 32.3 Å². The molecule has 20 heavy (non-hydrogen) atoms. The van der Waals surface area contributed by atoms with E-state index >= 15 is 0 Å². The number of likely N-dealkylation sites (tertiary alicyclic amines) is 1. The van der Waals surface area contributed by atoms with Gasteiger partial charge in [0, 0.05) is 11.0 Å². The predicted octanol–water partition coefficient (Wildman–Crippen LogP) is 3.65. The number of anilines is 1. The Morgan fingerprint density at radius 3 is 2.95 bits per heavy atom. The fourth-order valence-corrected chi connectivity index (χ4v) is 2.90. The van der Waals surface area contributed by atoms with Crippen molar-refractivity contribution in [3.63, 3.8) is 0 Å². The summed E-state index contributed by atoms with van der Waals surface area (Å²) in [5.74, 6) is 0.0377. The summed E-state index contributed by atoms with van der Waals surface area (Å²) in [7, 11) is 0. The van der Waals surface area contributed by atoms with E-state index in [0.717, 1.165) is 19.5 Å². The molecule has 0 spiro atoms. The molecule has 1 heterocycles. The molecule has 0 unspecified atom stereocenters. The number of carbonyl (C=O) groups excluding carboxylic acids is 1. The van der Waals surface area contributed by atoms with E-state index in [2.05, 4.69) is 33.1 Å². The molecule has 0 aliphatic carbocycles. The Balaban J connectivity index is 2.00. The van der Waals surface area contributed by atoms with E-state index in [1.807, 2.05) is 6.92 Å². The van der Waals surface area contributed by atoms with Crippen molar-refractivity contribution in [3.8, 4) is 0 Å². The smallest absolute Gasteiger partial charge is 0.241 e. The Morgan fingerprint density at radius 2 is 2.30 bits per heavy atom. The number of halogens is 2. The summed E-state index contributed by atoms with van der Waals surface area (Å²) in [5, 5.41) is 2.67. The second kappa shape index (κ2) is 6.68. The van der Waals surface area contributed by atoms with Crippen LogP contribution in [0.3, 0.4) is 0 Å². The first kappa shape index (κ1) is 15.4. The van der Waals surface area contributed by atoms with Gasteiger partial charge in [-0.1, -0.05) is 22.9 Å². The van der Waals surface area contributed by atoms with E-state index in [1.165, 1.54) is 12.5 Å². The number of amides is 1. The number of nitrogens with zero attached hydrogens (tertiary/aromatic N) is 1. The van der Waals surface area contributed by atoms with Crippen LogP contribution < -0.4 is 5.32 Å². The highest BCUT2D eigenvalue weighted by Gasteiger charge is 2.26. The van der Waals surface area contributed by atoms with E-state index < -0.39 is 5.82 Å². The van der Waals surface area contributed by atoms with Crippen LogP contribution in [-0.4, -0.2) is 29.9 Å². The van der Waals surface area contributed by atoms with Gasteiger partial charge in [-0.2, -0.15) is 0 Å². The van der Waals surface area contributed by atoms with Gasteiger partial charge >= 0.3 is 0 Å². The van der Waals surface area contributed by atoms with Crippen LogP contribution in [0.2, 0.25) is 0 Å².